The molecule has 1 aromatic rings. The summed E-state index contributed by atoms with van der Waals surface area (Å²) in [6.07, 6.45) is 3.88. The van der Waals surface area contributed by atoms with Crippen LogP contribution in [0.5, 0.6) is 0 Å². The molecule has 2 saturated heterocycles. The first kappa shape index (κ1) is 23.0. The molecular formula is C24H41N5O. The van der Waals surface area contributed by atoms with Crippen LogP contribution in [0.2, 0.25) is 0 Å². The lowest BCUT2D eigenvalue weighted by Crippen LogP contribution is -2.56. The maximum absolute atomic E-state index is 5.17. The van der Waals surface area contributed by atoms with E-state index in [9.17, 15) is 0 Å². The highest BCUT2D eigenvalue weighted by atomic mass is 16.5. The number of nitrogens with one attached hydrogen (secondary N) is 1. The largest absolute Gasteiger partial charge is 0.383 e. The third-order valence-electron chi connectivity index (χ3n) is 6.47. The number of methoxy groups -OCH3 is 1. The minimum absolute atomic E-state index is 0.707. The number of fused-ring (bicyclic) bond motifs is 1. The molecule has 2 fully saturated rings. The summed E-state index contributed by atoms with van der Waals surface area (Å²) in [6, 6.07) is 11.7. The lowest BCUT2D eigenvalue weighted by atomic mass is 9.83. The highest BCUT2D eigenvalue weighted by molar-refractivity contribution is 5.80. The topological polar surface area (TPSA) is 43.3 Å². The van der Waals surface area contributed by atoms with Crippen molar-refractivity contribution < 1.29 is 4.74 Å². The van der Waals surface area contributed by atoms with Gasteiger partial charge >= 0.3 is 0 Å². The molecule has 2 atom stereocenters. The molecule has 2 aliphatic rings. The molecule has 1 aromatic carbocycles. The number of guanidine groups is 1. The Labute approximate surface area is 183 Å². The van der Waals surface area contributed by atoms with E-state index >= 15 is 0 Å². The molecule has 0 aliphatic carbocycles. The van der Waals surface area contributed by atoms with Gasteiger partial charge in [0, 0.05) is 52.4 Å². The zero-order valence-electron chi connectivity index (χ0n) is 19.2. The highest BCUT2D eigenvalue weighted by Crippen LogP contribution is 2.31. The molecule has 168 valence electrons. The Morgan fingerprint density at radius 1 is 1.20 bits per heavy atom. The maximum Gasteiger partial charge on any atom is 0.193 e. The van der Waals surface area contributed by atoms with Crippen molar-refractivity contribution in [3.8, 4) is 0 Å². The SMILES string of the molecule is CCNC(=NCCN(C)CCOC)N1CCC2C(CCCN2Cc2ccccc2)C1. The van der Waals surface area contributed by atoms with Crippen molar-refractivity contribution in [3.05, 3.63) is 35.9 Å². The van der Waals surface area contributed by atoms with E-state index in [4.69, 9.17) is 9.73 Å². The summed E-state index contributed by atoms with van der Waals surface area (Å²) in [6.45, 7) is 11.1. The summed E-state index contributed by atoms with van der Waals surface area (Å²) in [5.74, 6) is 1.83. The van der Waals surface area contributed by atoms with Crippen molar-refractivity contribution in [2.24, 2.45) is 10.9 Å². The number of piperidine rings is 2. The molecule has 3 rings (SSSR count). The number of hydrogen-bond acceptors (Lipinski definition) is 4. The van der Waals surface area contributed by atoms with Gasteiger partial charge in [0.15, 0.2) is 5.96 Å². The van der Waals surface area contributed by atoms with Gasteiger partial charge in [-0.1, -0.05) is 30.3 Å². The first-order valence-corrected chi connectivity index (χ1v) is 11.7. The van der Waals surface area contributed by atoms with Crippen LogP contribution in [0.3, 0.4) is 0 Å². The van der Waals surface area contributed by atoms with Crippen LogP contribution in [0, 0.1) is 5.92 Å². The Morgan fingerprint density at radius 2 is 2.03 bits per heavy atom. The van der Waals surface area contributed by atoms with Gasteiger partial charge in [-0.25, -0.2) is 0 Å². The number of rotatable bonds is 9. The minimum atomic E-state index is 0.707. The molecule has 2 aliphatic heterocycles. The molecule has 2 heterocycles. The number of nitrogens with zero attached hydrogens (tertiary/aromatic N) is 4. The fourth-order valence-corrected chi connectivity index (χ4v) is 4.82. The molecular weight excluding hydrogens is 374 g/mol. The van der Waals surface area contributed by atoms with Gasteiger partial charge in [0.1, 0.15) is 0 Å². The second kappa shape index (κ2) is 12.3. The van der Waals surface area contributed by atoms with Crippen LogP contribution in [0.1, 0.15) is 31.7 Å². The van der Waals surface area contributed by atoms with Crippen LogP contribution in [0.4, 0.5) is 0 Å². The van der Waals surface area contributed by atoms with Crippen molar-refractivity contribution in [2.45, 2.75) is 38.8 Å². The van der Waals surface area contributed by atoms with E-state index in [-0.39, 0.29) is 0 Å². The van der Waals surface area contributed by atoms with E-state index in [1.807, 2.05) is 0 Å². The summed E-state index contributed by atoms with van der Waals surface area (Å²) in [5.41, 5.74) is 1.44. The normalized spacial score (nSPS) is 22.9. The van der Waals surface area contributed by atoms with Gasteiger partial charge in [-0.05, 0) is 51.3 Å². The Morgan fingerprint density at radius 3 is 2.80 bits per heavy atom. The first-order chi connectivity index (χ1) is 14.7. The molecule has 2 unspecified atom stereocenters. The third kappa shape index (κ3) is 6.69. The van der Waals surface area contributed by atoms with Crippen LogP contribution in [0.15, 0.2) is 35.3 Å². The Balaban J connectivity index is 1.55. The van der Waals surface area contributed by atoms with Crippen molar-refractivity contribution in [1.82, 2.24) is 20.0 Å². The summed E-state index contributed by atoms with van der Waals surface area (Å²) in [4.78, 5) is 12.5. The third-order valence-corrected chi connectivity index (χ3v) is 6.47. The van der Waals surface area contributed by atoms with Gasteiger partial charge in [0.05, 0.1) is 13.2 Å². The van der Waals surface area contributed by atoms with Gasteiger partial charge < -0.3 is 19.9 Å². The predicted molar refractivity (Wildman–Crippen MR) is 125 cm³/mol. The van der Waals surface area contributed by atoms with Crippen molar-refractivity contribution >= 4 is 5.96 Å². The van der Waals surface area contributed by atoms with Gasteiger partial charge in [0.25, 0.3) is 0 Å². The molecule has 0 radical (unpaired) electrons. The fraction of sp³-hybridized carbons (Fsp3) is 0.708. The van der Waals surface area contributed by atoms with Crippen LogP contribution in [0.25, 0.3) is 0 Å². The van der Waals surface area contributed by atoms with Crippen molar-refractivity contribution in [2.75, 3.05) is 66.6 Å². The number of hydrogen-bond donors (Lipinski definition) is 1. The first-order valence-electron chi connectivity index (χ1n) is 11.7. The Kier molecular flexibility index (Phi) is 9.43. The van der Waals surface area contributed by atoms with Gasteiger partial charge in [0.2, 0.25) is 0 Å². The van der Waals surface area contributed by atoms with Crippen LogP contribution < -0.4 is 5.32 Å². The standard InChI is InChI=1S/C24H41N5O/c1-4-25-24(26-13-16-27(2)17-18-30-3)29-15-12-23-22(20-29)11-8-14-28(23)19-21-9-6-5-7-10-21/h5-7,9-10,22-23H,4,8,11-20H2,1-3H3,(H,25,26). The average molecular weight is 416 g/mol. The highest BCUT2D eigenvalue weighted by Gasteiger charge is 2.36. The second-order valence-corrected chi connectivity index (χ2v) is 8.69. The average Bonchev–Trinajstić information content (AvgIpc) is 2.77. The van der Waals surface area contributed by atoms with E-state index in [1.165, 1.54) is 31.4 Å². The Hall–Kier alpha value is -1.63. The molecule has 1 N–H and O–H groups in total. The van der Waals surface area contributed by atoms with Crippen LogP contribution in [-0.4, -0.2) is 93.3 Å². The van der Waals surface area contributed by atoms with E-state index in [0.29, 0.717) is 6.04 Å². The summed E-state index contributed by atoms with van der Waals surface area (Å²) in [5, 5.41) is 3.53. The molecule has 0 bridgehead atoms. The summed E-state index contributed by atoms with van der Waals surface area (Å²) < 4.78 is 5.17. The van der Waals surface area contributed by atoms with Crippen LogP contribution >= 0.6 is 0 Å². The summed E-state index contributed by atoms with van der Waals surface area (Å²) in [7, 11) is 3.89. The van der Waals surface area contributed by atoms with Gasteiger partial charge in [-0.3, -0.25) is 9.89 Å². The quantitative estimate of drug-likeness (QED) is 0.496. The van der Waals surface area contributed by atoms with Crippen LogP contribution in [-0.2, 0) is 11.3 Å². The molecule has 6 heteroatoms. The van der Waals surface area contributed by atoms with Crippen molar-refractivity contribution in [3.63, 3.8) is 0 Å². The lowest BCUT2D eigenvalue weighted by molar-refractivity contribution is 0.0372. The number of aliphatic imine (C=N–C) groups is 1. The van der Waals surface area contributed by atoms with Gasteiger partial charge in [-0.2, -0.15) is 0 Å². The van der Waals surface area contributed by atoms with Crippen molar-refractivity contribution in [1.29, 1.82) is 0 Å². The van der Waals surface area contributed by atoms with Gasteiger partial charge in [-0.15, -0.1) is 0 Å². The second-order valence-electron chi connectivity index (χ2n) is 8.69. The molecule has 0 amide bonds. The van der Waals surface area contributed by atoms with E-state index in [2.05, 4.69) is 64.3 Å². The molecule has 30 heavy (non-hydrogen) atoms. The van der Waals surface area contributed by atoms with E-state index < -0.39 is 0 Å². The minimum Gasteiger partial charge on any atom is -0.383 e. The smallest absolute Gasteiger partial charge is 0.193 e. The number of likely N-dealkylation sites (tertiary alicyclic amines) is 2. The van der Waals surface area contributed by atoms with E-state index in [1.54, 1.807) is 7.11 Å². The summed E-state index contributed by atoms with van der Waals surface area (Å²) >= 11 is 0. The molecule has 0 spiro atoms. The lowest BCUT2D eigenvalue weighted by Gasteiger charge is -2.48. The number of ether oxygens (including phenoxy) is 1. The predicted octanol–water partition coefficient (Wildman–Crippen LogP) is 2.52. The number of likely N-dealkylation sites (N-methyl/N-ethyl adjacent to an activating group) is 1. The molecule has 6 nitrogen and oxygen atoms in total. The molecule has 0 aromatic heterocycles. The monoisotopic (exact) mass is 415 g/mol. The molecule has 0 saturated carbocycles. The van der Waals surface area contributed by atoms with E-state index in [0.717, 1.165) is 64.3 Å². The maximum atomic E-state index is 5.17. The fourth-order valence-electron chi connectivity index (χ4n) is 4.82. The Bertz CT molecular complexity index is 638. The zero-order chi connectivity index (χ0) is 21.2. The zero-order valence-corrected chi connectivity index (χ0v) is 19.2. The number of benzene rings is 1.